The molecule has 0 aliphatic carbocycles. The Morgan fingerprint density at radius 2 is 1.88 bits per heavy atom. The van der Waals surface area contributed by atoms with Crippen LogP contribution in [0, 0.1) is 5.92 Å². The monoisotopic (exact) mass is 237 g/mol. The zero-order valence-corrected chi connectivity index (χ0v) is 11.4. The minimum atomic E-state index is 0.428. The van der Waals surface area contributed by atoms with Crippen molar-refractivity contribution in [3.63, 3.8) is 0 Å². The Balaban J connectivity index is 2.82. The van der Waals surface area contributed by atoms with Crippen LogP contribution in [0.25, 0.3) is 0 Å². The molecular weight excluding hydrogens is 214 g/mol. The van der Waals surface area contributed by atoms with Crippen molar-refractivity contribution in [2.24, 2.45) is 5.92 Å². The summed E-state index contributed by atoms with van der Waals surface area (Å²) in [5, 5.41) is 3.45. The van der Waals surface area contributed by atoms with E-state index in [2.05, 4.69) is 26.1 Å². The van der Waals surface area contributed by atoms with Crippen LogP contribution in [0.15, 0.2) is 18.2 Å². The van der Waals surface area contributed by atoms with Crippen LogP contribution in [0.3, 0.4) is 0 Å². The largest absolute Gasteiger partial charge is 0.493 e. The average molecular weight is 237 g/mol. The molecule has 1 rings (SSSR count). The van der Waals surface area contributed by atoms with E-state index in [0.717, 1.165) is 17.2 Å². The fourth-order valence-electron chi connectivity index (χ4n) is 1.46. The topological polar surface area (TPSA) is 30.5 Å². The van der Waals surface area contributed by atoms with Crippen molar-refractivity contribution in [2.75, 3.05) is 19.0 Å². The molecule has 1 unspecified atom stereocenters. The molecule has 0 amide bonds. The van der Waals surface area contributed by atoms with Crippen LogP contribution in [-0.4, -0.2) is 19.8 Å². The van der Waals surface area contributed by atoms with Crippen LogP contribution >= 0.6 is 0 Å². The molecule has 0 aliphatic heterocycles. The average Bonchev–Trinajstić information content (AvgIpc) is 2.31. The van der Waals surface area contributed by atoms with Gasteiger partial charge in [-0.3, -0.25) is 0 Å². The van der Waals surface area contributed by atoms with Crippen LogP contribution < -0.4 is 14.8 Å². The SMILES string of the molecule is CCOc1ccc(NC(C)C(C)C)cc1OC. The number of hydrogen-bond acceptors (Lipinski definition) is 3. The molecule has 1 atom stereocenters. The van der Waals surface area contributed by atoms with Gasteiger partial charge in [0.2, 0.25) is 0 Å². The summed E-state index contributed by atoms with van der Waals surface area (Å²) in [5.41, 5.74) is 1.06. The highest BCUT2D eigenvalue weighted by molar-refractivity contribution is 5.55. The van der Waals surface area contributed by atoms with E-state index in [-0.39, 0.29) is 0 Å². The third-order valence-corrected chi connectivity index (χ3v) is 2.86. The third-order valence-electron chi connectivity index (χ3n) is 2.86. The molecule has 0 heterocycles. The van der Waals surface area contributed by atoms with Crippen LogP contribution in [-0.2, 0) is 0 Å². The first-order valence-corrected chi connectivity index (χ1v) is 6.15. The van der Waals surface area contributed by atoms with Crippen molar-refractivity contribution in [2.45, 2.75) is 33.7 Å². The zero-order valence-electron chi connectivity index (χ0n) is 11.4. The highest BCUT2D eigenvalue weighted by Crippen LogP contribution is 2.30. The Morgan fingerprint density at radius 1 is 1.18 bits per heavy atom. The quantitative estimate of drug-likeness (QED) is 0.820. The van der Waals surface area contributed by atoms with E-state index in [1.807, 2.05) is 25.1 Å². The van der Waals surface area contributed by atoms with Gasteiger partial charge >= 0.3 is 0 Å². The molecular formula is C14H23NO2. The fourth-order valence-corrected chi connectivity index (χ4v) is 1.46. The van der Waals surface area contributed by atoms with Gasteiger partial charge < -0.3 is 14.8 Å². The van der Waals surface area contributed by atoms with E-state index in [0.29, 0.717) is 18.6 Å². The predicted molar refractivity (Wildman–Crippen MR) is 72.1 cm³/mol. The first-order valence-electron chi connectivity index (χ1n) is 6.15. The summed E-state index contributed by atoms with van der Waals surface area (Å²) in [4.78, 5) is 0. The van der Waals surface area contributed by atoms with Gasteiger partial charge in [-0.15, -0.1) is 0 Å². The summed E-state index contributed by atoms with van der Waals surface area (Å²) in [5.74, 6) is 2.15. The van der Waals surface area contributed by atoms with E-state index in [4.69, 9.17) is 9.47 Å². The lowest BCUT2D eigenvalue weighted by molar-refractivity contribution is 0.311. The summed E-state index contributed by atoms with van der Waals surface area (Å²) >= 11 is 0. The van der Waals surface area contributed by atoms with Crippen LogP contribution in [0.1, 0.15) is 27.7 Å². The lowest BCUT2D eigenvalue weighted by atomic mass is 10.1. The summed E-state index contributed by atoms with van der Waals surface area (Å²) in [6.45, 7) is 9.18. The Kier molecular flexibility index (Phi) is 5.13. The van der Waals surface area contributed by atoms with E-state index in [9.17, 15) is 0 Å². The highest BCUT2D eigenvalue weighted by Gasteiger charge is 2.09. The molecule has 0 spiro atoms. The molecule has 1 aromatic rings. The summed E-state index contributed by atoms with van der Waals surface area (Å²) in [7, 11) is 1.66. The number of anilines is 1. The molecule has 0 aromatic heterocycles. The van der Waals surface area contributed by atoms with Gasteiger partial charge in [-0.05, 0) is 31.9 Å². The second kappa shape index (κ2) is 6.38. The van der Waals surface area contributed by atoms with Crippen molar-refractivity contribution in [3.05, 3.63) is 18.2 Å². The minimum Gasteiger partial charge on any atom is -0.493 e. The molecule has 3 nitrogen and oxygen atoms in total. The molecule has 3 heteroatoms. The maximum Gasteiger partial charge on any atom is 0.162 e. The van der Waals surface area contributed by atoms with Gasteiger partial charge in [-0.2, -0.15) is 0 Å². The van der Waals surface area contributed by atoms with E-state index in [1.54, 1.807) is 7.11 Å². The van der Waals surface area contributed by atoms with Gasteiger partial charge in [-0.25, -0.2) is 0 Å². The lowest BCUT2D eigenvalue weighted by Gasteiger charge is -2.20. The van der Waals surface area contributed by atoms with E-state index < -0.39 is 0 Å². The number of methoxy groups -OCH3 is 1. The van der Waals surface area contributed by atoms with Crippen LogP contribution in [0.4, 0.5) is 5.69 Å². The molecule has 0 fully saturated rings. The third kappa shape index (κ3) is 3.84. The second-order valence-corrected chi connectivity index (χ2v) is 4.48. The van der Waals surface area contributed by atoms with Crippen molar-refractivity contribution >= 4 is 5.69 Å². The standard InChI is InChI=1S/C14H23NO2/c1-6-17-13-8-7-12(9-14(13)16-5)15-11(4)10(2)3/h7-11,15H,6H2,1-5H3. The summed E-state index contributed by atoms with van der Waals surface area (Å²) in [6, 6.07) is 6.37. The summed E-state index contributed by atoms with van der Waals surface area (Å²) < 4.78 is 10.8. The van der Waals surface area contributed by atoms with E-state index in [1.165, 1.54) is 0 Å². The maximum absolute atomic E-state index is 5.48. The number of nitrogens with one attached hydrogen (secondary N) is 1. The predicted octanol–water partition coefficient (Wildman–Crippen LogP) is 3.55. The van der Waals surface area contributed by atoms with E-state index >= 15 is 0 Å². The van der Waals surface area contributed by atoms with Crippen LogP contribution in [0.5, 0.6) is 11.5 Å². The normalized spacial score (nSPS) is 12.4. The smallest absolute Gasteiger partial charge is 0.162 e. The Bertz CT molecular complexity index is 350. The van der Waals surface area contributed by atoms with Crippen molar-refractivity contribution in [1.29, 1.82) is 0 Å². The van der Waals surface area contributed by atoms with Gasteiger partial charge in [-0.1, -0.05) is 13.8 Å². The van der Waals surface area contributed by atoms with Gasteiger partial charge in [0.15, 0.2) is 11.5 Å². The molecule has 96 valence electrons. The van der Waals surface area contributed by atoms with Gasteiger partial charge in [0.1, 0.15) is 0 Å². The molecule has 0 aliphatic rings. The van der Waals surface area contributed by atoms with Crippen molar-refractivity contribution in [1.82, 2.24) is 0 Å². The van der Waals surface area contributed by atoms with Gasteiger partial charge in [0, 0.05) is 17.8 Å². The molecule has 0 saturated carbocycles. The molecule has 0 radical (unpaired) electrons. The molecule has 17 heavy (non-hydrogen) atoms. The number of hydrogen-bond donors (Lipinski definition) is 1. The number of benzene rings is 1. The number of rotatable bonds is 6. The highest BCUT2D eigenvalue weighted by atomic mass is 16.5. The Labute approximate surface area is 104 Å². The van der Waals surface area contributed by atoms with Crippen LogP contribution in [0.2, 0.25) is 0 Å². The Morgan fingerprint density at radius 3 is 2.41 bits per heavy atom. The van der Waals surface area contributed by atoms with Gasteiger partial charge in [0.25, 0.3) is 0 Å². The molecule has 1 N–H and O–H groups in total. The van der Waals surface area contributed by atoms with Crippen molar-refractivity contribution in [3.8, 4) is 11.5 Å². The molecule has 0 bridgehead atoms. The molecule has 1 aromatic carbocycles. The minimum absolute atomic E-state index is 0.428. The summed E-state index contributed by atoms with van der Waals surface area (Å²) in [6.07, 6.45) is 0. The maximum atomic E-state index is 5.48. The first-order chi connectivity index (χ1) is 8.08. The molecule has 0 saturated heterocycles. The van der Waals surface area contributed by atoms with Crippen molar-refractivity contribution < 1.29 is 9.47 Å². The lowest BCUT2D eigenvalue weighted by Crippen LogP contribution is -2.21. The number of ether oxygens (including phenoxy) is 2. The second-order valence-electron chi connectivity index (χ2n) is 4.48. The first kappa shape index (κ1) is 13.7. The van der Waals surface area contributed by atoms with Gasteiger partial charge in [0.05, 0.1) is 13.7 Å². The zero-order chi connectivity index (χ0) is 12.8. The Hall–Kier alpha value is -1.38. The fraction of sp³-hybridized carbons (Fsp3) is 0.571.